The molecule has 0 bridgehead atoms. The summed E-state index contributed by atoms with van der Waals surface area (Å²) in [5, 5.41) is 7.73. The van der Waals surface area contributed by atoms with Crippen molar-refractivity contribution >= 4 is 46.9 Å². The molecule has 0 radical (unpaired) electrons. The first-order valence-electron chi connectivity index (χ1n) is 9.29. The molecule has 0 atom stereocenters. The van der Waals surface area contributed by atoms with Gasteiger partial charge in [-0.3, -0.25) is 9.59 Å². The Kier molecular flexibility index (Phi) is 7.65. The zero-order valence-corrected chi connectivity index (χ0v) is 18.1. The Morgan fingerprint density at radius 1 is 1.03 bits per heavy atom. The minimum Gasteiger partial charge on any atom is -0.488 e. The van der Waals surface area contributed by atoms with Crippen molar-refractivity contribution in [1.82, 2.24) is 5.43 Å². The predicted molar refractivity (Wildman–Crippen MR) is 123 cm³/mol. The van der Waals surface area contributed by atoms with Crippen LogP contribution >= 0.6 is 23.2 Å². The Morgan fingerprint density at radius 3 is 2.61 bits per heavy atom. The summed E-state index contributed by atoms with van der Waals surface area (Å²) in [5.74, 6) is -0.0407. The third-order valence-corrected chi connectivity index (χ3v) is 4.72. The molecule has 0 saturated carbocycles. The molecule has 3 rings (SSSR count). The number of nitrogens with zero attached hydrogens (tertiary/aromatic N) is 1. The second-order valence-electron chi connectivity index (χ2n) is 6.52. The van der Waals surface area contributed by atoms with Gasteiger partial charge in [0.05, 0.1) is 6.21 Å². The van der Waals surface area contributed by atoms with Gasteiger partial charge in [0.25, 0.3) is 5.91 Å². The van der Waals surface area contributed by atoms with Gasteiger partial charge in [0.2, 0.25) is 5.91 Å². The molecule has 2 N–H and O–H groups in total. The van der Waals surface area contributed by atoms with E-state index in [1.165, 1.54) is 13.1 Å². The van der Waals surface area contributed by atoms with Crippen LogP contribution in [0, 0.1) is 0 Å². The van der Waals surface area contributed by atoms with Crippen LogP contribution in [0.1, 0.15) is 28.4 Å². The van der Waals surface area contributed by atoms with Crippen molar-refractivity contribution in [2.24, 2.45) is 5.10 Å². The Hall–Kier alpha value is -3.35. The van der Waals surface area contributed by atoms with Gasteiger partial charge < -0.3 is 10.1 Å². The van der Waals surface area contributed by atoms with Crippen molar-refractivity contribution in [2.75, 3.05) is 5.32 Å². The number of benzene rings is 3. The average molecular weight is 456 g/mol. The van der Waals surface area contributed by atoms with Crippen molar-refractivity contribution in [1.29, 1.82) is 0 Å². The summed E-state index contributed by atoms with van der Waals surface area (Å²) < 4.78 is 5.87. The third kappa shape index (κ3) is 6.57. The zero-order chi connectivity index (χ0) is 22.2. The summed E-state index contributed by atoms with van der Waals surface area (Å²) in [7, 11) is 0. The largest absolute Gasteiger partial charge is 0.488 e. The quantitative estimate of drug-likeness (QED) is 0.374. The highest BCUT2D eigenvalue weighted by Crippen LogP contribution is 2.24. The van der Waals surface area contributed by atoms with Crippen molar-refractivity contribution in [2.45, 2.75) is 13.5 Å². The van der Waals surface area contributed by atoms with E-state index >= 15 is 0 Å². The maximum absolute atomic E-state index is 12.3. The zero-order valence-electron chi connectivity index (χ0n) is 16.6. The van der Waals surface area contributed by atoms with E-state index in [4.69, 9.17) is 27.9 Å². The van der Waals surface area contributed by atoms with Crippen LogP contribution < -0.4 is 15.5 Å². The average Bonchev–Trinajstić information content (AvgIpc) is 2.73. The number of rotatable bonds is 7. The molecule has 0 aliphatic heterocycles. The molecule has 0 fully saturated rings. The van der Waals surface area contributed by atoms with Crippen molar-refractivity contribution < 1.29 is 14.3 Å². The minimum absolute atomic E-state index is 0.216. The summed E-state index contributed by atoms with van der Waals surface area (Å²) >= 11 is 12.1. The SMILES string of the molecule is CC(=O)Nc1cccc(C(=O)N/N=C\c2ccccc2OCc2ccc(Cl)cc2Cl)c1. The molecule has 0 saturated heterocycles. The van der Waals surface area contributed by atoms with Gasteiger partial charge >= 0.3 is 0 Å². The van der Waals surface area contributed by atoms with E-state index in [9.17, 15) is 9.59 Å². The fourth-order valence-corrected chi connectivity index (χ4v) is 3.14. The number of para-hydroxylation sites is 1. The number of anilines is 1. The summed E-state index contributed by atoms with van der Waals surface area (Å²) in [5.41, 5.74) is 4.84. The van der Waals surface area contributed by atoms with Crippen LogP contribution in [-0.4, -0.2) is 18.0 Å². The van der Waals surface area contributed by atoms with E-state index in [1.54, 1.807) is 48.5 Å². The molecule has 8 heteroatoms. The summed E-state index contributed by atoms with van der Waals surface area (Å²) in [6, 6.07) is 19.1. The number of hydrogen-bond acceptors (Lipinski definition) is 4. The molecule has 0 heterocycles. The first-order valence-corrected chi connectivity index (χ1v) is 10.0. The Balaban J connectivity index is 1.65. The third-order valence-electron chi connectivity index (χ3n) is 4.13. The number of carbonyl (C=O) groups excluding carboxylic acids is 2. The molecule has 0 spiro atoms. The van der Waals surface area contributed by atoms with E-state index in [0.29, 0.717) is 32.6 Å². The van der Waals surface area contributed by atoms with Crippen molar-refractivity contribution in [3.05, 3.63) is 93.5 Å². The monoisotopic (exact) mass is 455 g/mol. The Bertz CT molecular complexity index is 1130. The first kappa shape index (κ1) is 22.3. The fourth-order valence-electron chi connectivity index (χ4n) is 2.68. The van der Waals surface area contributed by atoms with Gasteiger partial charge in [-0.2, -0.15) is 5.10 Å². The standard InChI is InChI=1S/C23H19Cl2N3O3/c1-15(29)27-20-7-4-6-16(11-20)23(30)28-26-13-17-5-2-3-8-22(17)31-14-18-9-10-19(24)12-21(18)25/h2-13H,14H2,1H3,(H,27,29)(H,28,30)/b26-13-. The number of amides is 2. The van der Waals surface area contributed by atoms with Crippen LogP contribution in [0.2, 0.25) is 10.0 Å². The second kappa shape index (κ2) is 10.6. The molecule has 3 aromatic rings. The molecule has 158 valence electrons. The van der Waals surface area contributed by atoms with Crippen LogP contribution in [0.25, 0.3) is 0 Å². The van der Waals surface area contributed by atoms with Gasteiger partial charge in [0.15, 0.2) is 0 Å². The molecule has 0 unspecified atom stereocenters. The highest BCUT2D eigenvalue weighted by molar-refractivity contribution is 6.35. The van der Waals surface area contributed by atoms with Crippen LogP contribution in [0.5, 0.6) is 5.75 Å². The maximum atomic E-state index is 12.3. The van der Waals surface area contributed by atoms with E-state index in [-0.39, 0.29) is 12.5 Å². The Labute approximate surface area is 189 Å². The topological polar surface area (TPSA) is 79.8 Å². The molecule has 6 nitrogen and oxygen atoms in total. The van der Waals surface area contributed by atoms with Gasteiger partial charge in [-0.25, -0.2) is 5.43 Å². The molecule has 0 aromatic heterocycles. The lowest BCUT2D eigenvalue weighted by Gasteiger charge is -2.10. The lowest BCUT2D eigenvalue weighted by molar-refractivity contribution is -0.114. The molecule has 2 amide bonds. The second-order valence-corrected chi connectivity index (χ2v) is 7.37. The highest BCUT2D eigenvalue weighted by atomic mass is 35.5. The highest BCUT2D eigenvalue weighted by Gasteiger charge is 2.07. The van der Waals surface area contributed by atoms with Gasteiger partial charge in [0, 0.05) is 39.3 Å². The number of nitrogens with one attached hydrogen (secondary N) is 2. The maximum Gasteiger partial charge on any atom is 0.271 e. The summed E-state index contributed by atoms with van der Waals surface area (Å²) in [6.07, 6.45) is 1.49. The summed E-state index contributed by atoms with van der Waals surface area (Å²) in [6.45, 7) is 1.65. The number of ether oxygens (including phenoxy) is 1. The smallest absolute Gasteiger partial charge is 0.271 e. The number of hydrazone groups is 1. The molecular weight excluding hydrogens is 437 g/mol. The minimum atomic E-state index is -0.408. The molecule has 0 aliphatic rings. The van der Waals surface area contributed by atoms with Crippen molar-refractivity contribution in [3.63, 3.8) is 0 Å². The molecule has 31 heavy (non-hydrogen) atoms. The van der Waals surface area contributed by atoms with E-state index < -0.39 is 5.91 Å². The van der Waals surface area contributed by atoms with E-state index in [2.05, 4.69) is 15.8 Å². The summed E-state index contributed by atoms with van der Waals surface area (Å²) in [4.78, 5) is 23.5. The predicted octanol–water partition coefficient (Wildman–Crippen LogP) is 5.29. The number of hydrogen-bond donors (Lipinski definition) is 2. The first-order chi connectivity index (χ1) is 14.9. The number of carbonyl (C=O) groups is 2. The van der Waals surface area contributed by atoms with E-state index in [0.717, 1.165) is 5.56 Å². The van der Waals surface area contributed by atoms with Gasteiger partial charge in [0.1, 0.15) is 12.4 Å². The lowest BCUT2D eigenvalue weighted by Crippen LogP contribution is -2.18. The van der Waals surface area contributed by atoms with Gasteiger partial charge in [-0.1, -0.05) is 47.5 Å². The van der Waals surface area contributed by atoms with Gasteiger partial charge in [-0.15, -0.1) is 0 Å². The molecule has 3 aromatic carbocycles. The van der Waals surface area contributed by atoms with Crippen LogP contribution in [-0.2, 0) is 11.4 Å². The van der Waals surface area contributed by atoms with Crippen molar-refractivity contribution in [3.8, 4) is 5.75 Å². The Morgan fingerprint density at radius 2 is 1.84 bits per heavy atom. The lowest BCUT2D eigenvalue weighted by atomic mass is 10.2. The molecule has 0 aliphatic carbocycles. The van der Waals surface area contributed by atoms with Crippen LogP contribution in [0.3, 0.4) is 0 Å². The molecular formula is C23H19Cl2N3O3. The number of halogens is 2. The normalized spacial score (nSPS) is 10.7. The van der Waals surface area contributed by atoms with E-state index in [1.807, 2.05) is 18.2 Å². The fraction of sp³-hybridized carbons (Fsp3) is 0.0870. The van der Waals surface area contributed by atoms with Crippen LogP contribution in [0.4, 0.5) is 5.69 Å². The van der Waals surface area contributed by atoms with Gasteiger partial charge in [-0.05, 0) is 42.5 Å². The van der Waals surface area contributed by atoms with Crippen LogP contribution in [0.15, 0.2) is 71.8 Å².